The van der Waals surface area contributed by atoms with E-state index in [2.05, 4.69) is 5.32 Å². The molecule has 2 amide bonds. The fourth-order valence-corrected chi connectivity index (χ4v) is 3.35. The summed E-state index contributed by atoms with van der Waals surface area (Å²) >= 11 is 7.41. The number of halogens is 1. The number of nitrogens with one attached hydrogen (secondary N) is 1. The summed E-state index contributed by atoms with van der Waals surface area (Å²) in [6.45, 7) is 4.21. The molecule has 144 valence electrons. The van der Waals surface area contributed by atoms with Gasteiger partial charge in [-0.15, -0.1) is 11.8 Å². The van der Waals surface area contributed by atoms with Crippen LogP contribution in [0.25, 0.3) is 0 Å². The second-order valence-corrected chi connectivity index (χ2v) is 7.36. The van der Waals surface area contributed by atoms with E-state index in [1.165, 1.54) is 16.7 Å². The number of likely N-dealkylation sites (N-methyl/N-ethyl adjacent to an activating group) is 1. The third-order valence-corrected chi connectivity index (χ3v) is 5.20. The minimum absolute atomic E-state index is 0.00442. The van der Waals surface area contributed by atoms with Crippen molar-refractivity contribution in [3.63, 3.8) is 0 Å². The van der Waals surface area contributed by atoms with Crippen LogP contribution in [0.2, 0.25) is 5.02 Å². The molecular weight excluding hydrogens is 384 g/mol. The standard InChI is InChI=1S/C20H23ClN2O3S/c1-4-23(12-19(24)22-18-11-15(21)6-5-14(18)2)20(25)13-27-17-9-7-16(26-3)8-10-17/h5-11H,4,12-13H2,1-3H3,(H,22,24). The lowest BCUT2D eigenvalue weighted by atomic mass is 10.2. The van der Waals surface area contributed by atoms with Crippen molar-refractivity contribution in [1.82, 2.24) is 4.90 Å². The van der Waals surface area contributed by atoms with Crippen LogP contribution in [0.3, 0.4) is 0 Å². The van der Waals surface area contributed by atoms with Crippen LogP contribution < -0.4 is 10.1 Å². The number of amides is 2. The van der Waals surface area contributed by atoms with Crippen LogP contribution in [0.1, 0.15) is 12.5 Å². The molecular formula is C20H23ClN2O3S. The highest BCUT2D eigenvalue weighted by atomic mass is 35.5. The SMILES string of the molecule is CCN(CC(=O)Nc1cc(Cl)ccc1C)C(=O)CSc1ccc(OC)cc1. The first-order valence-electron chi connectivity index (χ1n) is 8.53. The number of anilines is 1. The van der Waals surface area contributed by atoms with Crippen molar-refractivity contribution in [2.24, 2.45) is 0 Å². The van der Waals surface area contributed by atoms with Gasteiger partial charge >= 0.3 is 0 Å². The Labute approximate surface area is 169 Å². The van der Waals surface area contributed by atoms with E-state index >= 15 is 0 Å². The van der Waals surface area contributed by atoms with E-state index in [0.29, 0.717) is 17.3 Å². The zero-order valence-corrected chi connectivity index (χ0v) is 17.2. The van der Waals surface area contributed by atoms with Gasteiger partial charge < -0.3 is 15.0 Å². The molecule has 2 rings (SSSR count). The quantitative estimate of drug-likeness (QED) is 0.666. The summed E-state index contributed by atoms with van der Waals surface area (Å²) in [7, 11) is 1.61. The molecule has 0 saturated carbocycles. The second-order valence-electron chi connectivity index (χ2n) is 5.88. The van der Waals surface area contributed by atoms with Gasteiger partial charge in [0.25, 0.3) is 0 Å². The highest BCUT2D eigenvalue weighted by molar-refractivity contribution is 8.00. The minimum atomic E-state index is -0.245. The van der Waals surface area contributed by atoms with Gasteiger partial charge in [0.15, 0.2) is 0 Å². The van der Waals surface area contributed by atoms with Gasteiger partial charge in [0.2, 0.25) is 11.8 Å². The van der Waals surface area contributed by atoms with Gasteiger partial charge in [0.05, 0.1) is 19.4 Å². The van der Waals surface area contributed by atoms with Crippen molar-refractivity contribution in [1.29, 1.82) is 0 Å². The van der Waals surface area contributed by atoms with E-state index in [0.717, 1.165) is 16.2 Å². The Hall–Kier alpha value is -2.18. The summed E-state index contributed by atoms with van der Waals surface area (Å²) in [6.07, 6.45) is 0. The molecule has 0 aliphatic heterocycles. The minimum Gasteiger partial charge on any atom is -0.497 e. The Bertz CT molecular complexity index is 796. The van der Waals surface area contributed by atoms with Crippen LogP contribution in [-0.2, 0) is 9.59 Å². The lowest BCUT2D eigenvalue weighted by Gasteiger charge is -2.20. The van der Waals surface area contributed by atoms with E-state index in [4.69, 9.17) is 16.3 Å². The molecule has 2 aromatic rings. The molecule has 0 heterocycles. The number of benzene rings is 2. The Morgan fingerprint density at radius 3 is 2.52 bits per heavy atom. The number of carbonyl (C=O) groups is 2. The Balaban J connectivity index is 1.89. The molecule has 0 aliphatic rings. The molecule has 5 nitrogen and oxygen atoms in total. The number of rotatable bonds is 8. The highest BCUT2D eigenvalue weighted by Crippen LogP contribution is 2.22. The van der Waals surface area contributed by atoms with Crippen LogP contribution >= 0.6 is 23.4 Å². The molecule has 0 unspecified atom stereocenters. The number of nitrogens with zero attached hydrogens (tertiary/aromatic N) is 1. The summed E-state index contributed by atoms with van der Waals surface area (Å²) in [5.41, 5.74) is 1.57. The van der Waals surface area contributed by atoms with Crippen molar-refractivity contribution in [3.8, 4) is 5.75 Å². The molecule has 2 aromatic carbocycles. The van der Waals surface area contributed by atoms with Gasteiger partial charge in [-0.1, -0.05) is 17.7 Å². The van der Waals surface area contributed by atoms with Crippen LogP contribution in [0.4, 0.5) is 5.69 Å². The van der Waals surface area contributed by atoms with Crippen molar-refractivity contribution in [3.05, 3.63) is 53.1 Å². The largest absolute Gasteiger partial charge is 0.497 e. The molecule has 0 aliphatic carbocycles. The number of hydrogen-bond donors (Lipinski definition) is 1. The van der Waals surface area contributed by atoms with E-state index in [-0.39, 0.29) is 24.1 Å². The Morgan fingerprint density at radius 1 is 1.19 bits per heavy atom. The summed E-state index contributed by atoms with van der Waals surface area (Å²) in [4.78, 5) is 27.3. The molecule has 7 heteroatoms. The maximum atomic E-state index is 12.5. The second kappa shape index (κ2) is 10.2. The van der Waals surface area contributed by atoms with Gasteiger partial charge in [-0.05, 0) is 55.8 Å². The predicted molar refractivity (Wildman–Crippen MR) is 111 cm³/mol. The van der Waals surface area contributed by atoms with Crippen LogP contribution in [0, 0.1) is 6.92 Å². The summed E-state index contributed by atoms with van der Waals surface area (Å²) < 4.78 is 5.12. The zero-order chi connectivity index (χ0) is 19.8. The maximum absolute atomic E-state index is 12.5. The smallest absolute Gasteiger partial charge is 0.244 e. The first kappa shape index (κ1) is 21.1. The fourth-order valence-electron chi connectivity index (χ4n) is 2.38. The Kier molecular flexibility index (Phi) is 8.00. The molecule has 0 radical (unpaired) electrons. The van der Waals surface area contributed by atoms with Crippen molar-refractivity contribution in [2.75, 3.05) is 31.3 Å². The molecule has 0 bridgehead atoms. The fraction of sp³-hybridized carbons (Fsp3) is 0.300. The number of ether oxygens (including phenoxy) is 1. The summed E-state index contributed by atoms with van der Waals surface area (Å²) in [5, 5.41) is 3.37. The van der Waals surface area contributed by atoms with Gasteiger partial charge in [0.1, 0.15) is 5.75 Å². The maximum Gasteiger partial charge on any atom is 0.244 e. The van der Waals surface area contributed by atoms with E-state index < -0.39 is 0 Å². The van der Waals surface area contributed by atoms with E-state index in [1.54, 1.807) is 19.2 Å². The summed E-state index contributed by atoms with van der Waals surface area (Å²) in [6, 6.07) is 12.8. The third-order valence-electron chi connectivity index (χ3n) is 3.96. The zero-order valence-electron chi connectivity index (χ0n) is 15.6. The topological polar surface area (TPSA) is 58.6 Å². The first-order valence-corrected chi connectivity index (χ1v) is 9.90. The summed E-state index contributed by atoms with van der Waals surface area (Å²) in [5.74, 6) is 0.707. The average molecular weight is 407 g/mol. The van der Waals surface area contributed by atoms with E-state index in [1.807, 2.05) is 44.2 Å². The molecule has 0 aromatic heterocycles. The molecule has 27 heavy (non-hydrogen) atoms. The van der Waals surface area contributed by atoms with Crippen molar-refractivity contribution < 1.29 is 14.3 Å². The molecule has 0 fully saturated rings. The molecule has 1 N–H and O–H groups in total. The van der Waals surface area contributed by atoms with Gasteiger partial charge in [-0.25, -0.2) is 0 Å². The monoisotopic (exact) mass is 406 g/mol. The van der Waals surface area contributed by atoms with Gasteiger partial charge in [0, 0.05) is 22.2 Å². The molecule has 0 saturated heterocycles. The number of hydrogen-bond acceptors (Lipinski definition) is 4. The van der Waals surface area contributed by atoms with E-state index in [9.17, 15) is 9.59 Å². The lowest BCUT2D eigenvalue weighted by Crippen LogP contribution is -2.38. The Morgan fingerprint density at radius 2 is 1.89 bits per heavy atom. The number of thioether (sulfide) groups is 1. The molecule has 0 spiro atoms. The number of carbonyl (C=O) groups excluding carboxylic acids is 2. The normalized spacial score (nSPS) is 10.4. The van der Waals surface area contributed by atoms with Crippen LogP contribution in [0.5, 0.6) is 5.75 Å². The van der Waals surface area contributed by atoms with Crippen LogP contribution in [-0.4, -0.2) is 42.7 Å². The van der Waals surface area contributed by atoms with Crippen molar-refractivity contribution >= 4 is 40.9 Å². The van der Waals surface area contributed by atoms with Gasteiger partial charge in [-0.3, -0.25) is 9.59 Å². The van der Waals surface area contributed by atoms with Gasteiger partial charge in [-0.2, -0.15) is 0 Å². The predicted octanol–water partition coefficient (Wildman–Crippen LogP) is 4.24. The lowest BCUT2D eigenvalue weighted by molar-refractivity contribution is -0.132. The van der Waals surface area contributed by atoms with Crippen LogP contribution in [0.15, 0.2) is 47.4 Å². The number of methoxy groups -OCH3 is 1. The third kappa shape index (κ3) is 6.48. The number of aryl methyl sites for hydroxylation is 1. The average Bonchev–Trinajstić information content (AvgIpc) is 2.67. The highest BCUT2D eigenvalue weighted by Gasteiger charge is 2.16. The molecule has 0 atom stereocenters. The van der Waals surface area contributed by atoms with Crippen molar-refractivity contribution in [2.45, 2.75) is 18.7 Å². The first-order chi connectivity index (χ1) is 12.9.